The molecule has 1 fully saturated rings. The summed E-state index contributed by atoms with van der Waals surface area (Å²) >= 11 is 12.6. The molecule has 1 aliphatic rings. The standard InChI is InChI=1S/C17H11Cl2FN2O2S/c18-13-6-5-12(8-14(13)19)21-9-22-16(23)15(25-17(22)24)7-10-1-3-11(20)4-2-10/h1-8,21H,9H2/b15-7+. The van der Waals surface area contributed by atoms with E-state index in [4.69, 9.17) is 23.2 Å². The van der Waals surface area contributed by atoms with E-state index < -0.39 is 5.91 Å². The van der Waals surface area contributed by atoms with Gasteiger partial charge in [-0.25, -0.2) is 4.39 Å². The van der Waals surface area contributed by atoms with Crippen molar-refractivity contribution in [1.82, 2.24) is 4.90 Å². The van der Waals surface area contributed by atoms with Gasteiger partial charge in [-0.2, -0.15) is 0 Å². The van der Waals surface area contributed by atoms with E-state index in [1.54, 1.807) is 24.3 Å². The molecule has 128 valence electrons. The number of hydrogen-bond acceptors (Lipinski definition) is 4. The van der Waals surface area contributed by atoms with Gasteiger partial charge in [0.05, 0.1) is 21.6 Å². The summed E-state index contributed by atoms with van der Waals surface area (Å²) in [6, 6.07) is 10.6. The first kappa shape index (κ1) is 17.8. The number of rotatable bonds is 4. The van der Waals surface area contributed by atoms with Gasteiger partial charge in [-0.3, -0.25) is 14.5 Å². The molecule has 1 N–H and O–H groups in total. The van der Waals surface area contributed by atoms with Gasteiger partial charge in [-0.15, -0.1) is 0 Å². The van der Waals surface area contributed by atoms with Gasteiger partial charge in [-0.05, 0) is 53.7 Å². The molecule has 4 nitrogen and oxygen atoms in total. The number of anilines is 1. The van der Waals surface area contributed by atoms with Gasteiger partial charge in [0.25, 0.3) is 11.1 Å². The summed E-state index contributed by atoms with van der Waals surface area (Å²) in [7, 11) is 0. The van der Waals surface area contributed by atoms with Crippen molar-refractivity contribution in [3.8, 4) is 0 Å². The third-order valence-corrected chi connectivity index (χ3v) is 5.05. The van der Waals surface area contributed by atoms with Crippen LogP contribution in [0.25, 0.3) is 6.08 Å². The number of hydrogen-bond donors (Lipinski definition) is 1. The summed E-state index contributed by atoms with van der Waals surface area (Å²) in [5.41, 5.74) is 1.28. The van der Waals surface area contributed by atoms with Crippen LogP contribution in [0.1, 0.15) is 5.56 Å². The molecule has 0 aromatic heterocycles. The first-order chi connectivity index (χ1) is 11.9. The summed E-state index contributed by atoms with van der Waals surface area (Å²) in [6.07, 6.45) is 1.56. The molecule has 0 atom stereocenters. The van der Waals surface area contributed by atoms with Crippen LogP contribution in [0.3, 0.4) is 0 Å². The maximum atomic E-state index is 12.9. The van der Waals surface area contributed by atoms with Crippen LogP contribution in [0, 0.1) is 5.82 Å². The Bertz CT molecular complexity index is 871. The molecule has 8 heteroatoms. The van der Waals surface area contributed by atoms with Crippen molar-refractivity contribution in [1.29, 1.82) is 0 Å². The number of amides is 2. The number of carbonyl (C=O) groups is 2. The van der Waals surface area contributed by atoms with E-state index in [0.29, 0.717) is 21.3 Å². The first-order valence-corrected chi connectivity index (χ1v) is 8.71. The van der Waals surface area contributed by atoms with Crippen molar-refractivity contribution < 1.29 is 14.0 Å². The van der Waals surface area contributed by atoms with Crippen molar-refractivity contribution >= 4 is 57.9 Å². The highest BCUT2D eigenvalue weighted by Gasteiger charge is 2.34. The van der Waals surface area contributed by atoms with Gasteiger partial charge in [0.15, 0.2) is 0 Å². The minimum absolute atomic E-state index is 0.00336. The molecule has 3 rings (SSSR count). The quantitative estimate of drug-likeness (QED) is 0.717. The van der Waals surface area contributed by atoms with E-state index in [0.717, 1.165) is 16.7 Å². The maximum absolute atomic E-state index is 12.9. The lowest BCUT2D eigenvalue weighted by molar-refractivity contribution is -0.122. The molecular formula is C17H11Cl2FN2O2S. The molecule has 1 saturated heterocycles. The van der Waals surface area contributed by atoms with E-state index in [9.17, 15) is 14.0 Å². The number of imide groups is 1. The highest BCUT2D eigenvalue weighted by molar-refractivity contribution is 8.18. The fourth-order valence-electron chi connectivity index (χ4n) is 2.12. The summed E-state index contributed by atoms with van der Waals surface area (Å²) in [5, 5.41) is 3.36. The predicted molar refractivity (Wildman–Crippen MR) is 99.2 cm³/mol. The van der Waals surface area contributed by atoms with Crippen LogP contribution in [0.5, 0.6) is 0 Å². The molecule has 0 bridgehead atoms. The van der Waals surface area contributed by atoms with Crippen molar-refractivity contribution in [2.75, 3.05) is 12.0 Å². The monoisotopic (exact) mass is 396 g/mol. The smallest absolute Gasteiger partial charge is 0.295 e. The highest BCUT2D eigenvalue weighted by Crippen LogP contribution is 2.32. The number of halogens is 3. The number of nitrogens with one attached hydrogen (secondary N) is 1. The van der Waals surface area contributed by atoms with Crippen LogP contribution < -0.4 is 5.32 Å². The lowest BCUT2D eigenvalue weighted by Gasteiger charge is -2.14. The van der Waals surface area contributed by atoms with E-state index in [1.165, 1.54) is 24.3 Å². The SMILES string of the molecule is O=C1S/C(=C/c2ccc(F)cc2)C(=O)N1CNc1ccc(Cl)c(Cl)c1. The average molecular weight is 397 g/mol. The summed E-state index contributed by atoms with van der Waals surface area (Å²) in [5.74, 6) is -0.775. The minimum atomic E-state index is -0.410. The normalized spacial score (nSPS) is 16.0. The van der Waals surface area contributed by atoms with Crippen LogP contribution in [-0.4, -0.2) is 22.7 Å². The molecule has 0 unspecified atom stereocenters. The number of thioether (sulfide) groups is 1. The van der Waals surface area contributed by atoms with Crippen molar-refractivity contribution in [3.63, 3.8) is 0 Å². The van der Waals surface area contributed by atoms with Gasteiger partial charge >= 0.3 is 0 Å². The molecular weight excluding hydrogens is 386 g/mol. The third kappa shape index (κ3) is 4.15. The van der Waals surface area contributed by atoms with E-state index in [2.05, 4.69) is 5.32 Å². The largest absolute Gasteiger partial charge is 0.367 e. The second-order valence-corrected chi connectivity index (χ2v) is 6.93. The Morgan fingerprint density at radius 1 is 1.08 bits per heavy atom. The topological polar surface area (TPSA) is 49.4 Å². The Morgan fingerprint density at radius 3 is 2.48 bits per heavy atom. The Balaban J connectivity index is 1.70. The van der Waals surface area contributed by atoms with Gasteiger partial charge in [0.2, 0.25) is 0 Å². The zero-order valence-corrected chi connectivity index (χ0v) is 15.0. The zero-order valence-electron chi connectivity index (χ0n) is 12.6. The zero-order chi connectivity index (χ0) is 18.0. The molecule has 2 aromatic rings. The molecule has 0 aliphatic carbocycles. The second kappa shape index (κ2) is 7.47. The molecule has 0 saturated carbocycles. The lowest BCUT2D eigenvalue weighted by Crippen LogP contribution is -2.33. The Labute approximate surface area is 157 Å². The lowest BCUT2D eigenvalue weighted by atomic mass is 10.2. The number of benzene rings is 2. The Kier molecular flexibility index (Phi) is 5.32. The predicted octanol–water partition coefficient (Wildman–Crippen LogP) is 5.24. The maximum Gasteiger partial charge on any atom is 0.295 e. The minimum Gasteiger partial charge on any atom is -0.367 e. The number of nitrogens with zero attached hydrogens (tertiary/aromatic N) is 1. The van der Waals surface area contributed by atoms with E-state index in [1.807, 2.05) is 0 Å². The molecule has 0 spiro atoms. The third-order valence-electron chi connectivity index (χ3n) is 3.40. The van der Waals surface area contributed by atoms with Crippen LogP contribution in [0.15, 0.2) is 47.4 Å². The summed E-state index contributed by atoms with van der Waals surface area (Å²) < 4.78 is 12.9. The van der Waals surface area contributed by atoms with E-state index in [-0.39, 0.29) is 22.6 Å². The average Bonchev–Trinajstić information content (AvgIpc) is 2.84. The van der Waals surface area contributed by atoms with Crippen LogP contribution >= 0.6 is 35.0 Å². The number of carbonyl (C=O) groups excluding carboxylic acids is 2. The van der Waals surface area contributed by atoms with E-state index >= 15 is 0 Å². The molecule has 2 aromatic carbocycles. The van der Waals surface area contributed by atoms with Gasteiger partial charge in [0.1, 0.15) is 5.82 Å². The van der Waals surface area contributed by atoms with Crippen molar-refractivity contribution in [3.05, 3.63) is 68.8 Å². The first-order valence-electron chi connectivity index (χ1n) is 7.14. The van der Waals surface area contributed by atoms with Gasteiger partial charge in [0, 0.05) is 5.69 Å². The molecule has 1 heterocycles. The highest BCUT2D eigenvalue weighted by atomic mass is 35.5. The molecule has 2 amide bonds. The fraction of sp³-hybridized carbons (Fsp3) is 0.0588. The van der Waals surface area contributed by atoms with Gasteiger partial charge < -0.3 is 5.32 Å². The van der Waals surface area contributed by atoms with Crippen LogP contribution in [0.2, 0.25) is 10.0 Å². The van der Waals surface area contributed by atoms with Crippen LogP contribution in [0.4, 0.5) is 14.9 Å². The van der Waals surface area contributed by atoms with Crippen LogP contribution in [-0.2, 0) is 4.79 Å². The fourth-order valence-corrected chi connectivity index (χ4v) is 3.26. The Morgan fingerprint density at radius 2 is 1.80 bits per heavy atom. The van der Waals surface area contributed by atoms with Crippen molar-refractivity contribution in [2.45, 2.75) is 0 Å². The molecule has 1 aliphatic heterocycles. The second-order valence-electron chi connectivity index (χ2n) is 5.13. The summed E-state index contributed by atoms with van der Waals surface area (Å²) in [6.45, 7) is 0.00336. The van der Waals surface area contributed by atoms with Crippen molar-refractivity contribution in [2.24, 2.45) is 0 Å². The summed E-state index contributed by atoms with van der Waals surface area (Å²) in [4.78, 5) is 25.8. The van der Waals surface area contributed by atoms with Gasteiger partial charge in [-0.1, -0.05) is 35.3 Å². The molecule has 25 heavy (non-hydrogen) atoms. The molecule has 0 radical (unpaired) electrons. The Hall–Kier alpha value is -2.02.